The van der Waals surface area contributed by atoms with Gasteiger partial charge >= 0.3 is 5.91 Å². The summed E-state index contributed by atoms with van der Waals surface area (Å²) in [6, 6.07) is 7.02. The highest BCUT2D eigenvalue weighted by Crippen LogP contribution is 2.39. The lowest BCUT2D eigenvalue weighted by Gasteiger charge is -2.34. The van der Waals surface area contributed by atoms with Gasteiger partial charge in [0.2, 0.25) is 0 Å². The van der Waals surface area contributed by atoms with Gasteiger partial charge in [-0.2, -0.15) is 9.83 Å². The van der Waals surface area contributed by atoms with E-state index in [-0.39, 0.29) is 11.6 Å². The molecule has 0 atom stereocenters. The number of pyridine rings is 1. The fourth-order valence-electron chi connectivity index (χ4n) is 2.99. The standard InChI is InChI=1S/C16H19N5O2/c22-16(14-3-1-2-6-21(14)23)20-9-7-19(8-10-20)15-11-13(17-18-15)12-4-5-12/h1-3,6,11-12H,4-5,7-10H2,(H,17,18). The van der Waals surface area contributed by atoms with Gasteiger partial charge in [0, 0.05) is 56.0 Å². The molecule has 0 spiro atoms. The van der Waals surface area contributed by atoms with Crippen LogP contribution in [0.2, 0.25) is 0 Å². The van der Waals surface area contributed by atoms with E-state index < -0.39 is 0 Å². The predicted octanol–water partition coefficient (Wildman–Crippen LogP) is 0.883. The average molecular weight is 313 g/mol. The van der Waals surface area contributed by atoms with Crippen LogP contribution in [0.15, 0.2) is 30.5 Å². The minimum Gasteiger partial charge on any atom is -0.618 e. The molecule has 1 saturated heterocycles. The maximum atomic E-state index is 12.4. The molecule has 120 valence electrons. The van der Waals surface area contributed by atoms with Crippen LogP contribution in [-0.2, 0) is 0 Å². The fraction of sp³-hybridized carbons (Fsp3) is 0.438. The fourth-order valence-corrected chi connectivity index (χ4v) is 2.99. The van der Waals surface area contributed by atoms with Crippen molar-refractivity contribution in [3.8, 4) is 0 Å². The van der Waals surface area contributed by atoms with Crippen molar-refractivity contribution in [2.75, 3.05) is 31.1 Å². The highest BCUT2D eigenvalue weighted by Gasteiger charge is 2.29. The largest absolute Gasteiger partial charge is 0.618 e. The van der Waals surface area contributed by atoms with E-state index in [1.54, 1.807) is 23.1 Å². The Balaban J connectivity index is 1.40. The van der Waals surface area contributed by atoms with Crippen LogP contribution < -0.4 is 9.63 Å². The van der Waals surface area contributed by atoms with Crippen LogP contribution in [0.25, 0.3) is 0 Å². The number of nitrogens with zero attached hydrogens (tertiary/aromatic N) is 4. The van der Waals surface area contributed by atoms with Crippen LogP contribution in [0.1, 0.15) is 34.9 Å². The number of carbonyl (C=O) groups is 1. The maximum absolute atomic E-state index is 12.4. The topological polar surface area (TPSA) is 79.2 Å². The number of nitrogens with one attached hydrogen (secondary N) is 1. The van der Waals surface area contributed by atoms with Crippen molar-refractivity contribution in [1.82, 2.24) is 15.1 Å². The lowest BCUT2D eigenvalue weighted by Crippen LogP contribution is -2.51. The van der Waals surface area contributed by atoms with Crippen molar-refractivity contribution < 1.29 is 9.52 Å². The minimum atomic E-state index is -0.207. The van der Waals surface area contributed by atoms with Crippen LogP contribution in [0.3, 0.4) is 0 Å². The van der Waals surface area contributed by atoms with E-state index >= 15 is 0 Å². The zero-order valence-electron chi connectivity index (χ0n) is 12.8. The smallest absolute Gasteiger partial charge is 0.320 e. The number of aromatic amines is 1. The van der Waals surface area contributed by atoms with E-state index in [2.05, 4.69) is 21.2 Å². The molecule has 3 heterocycles. The van der Waals surface area contributed by atoms with E-state index in [0.717, 1.165) is 18.9 Å². The van der Waals surface area contributed by atoms with Crippen molar-refractivity contribution >= 4 is 11.7 Å². The summed E-state index contributed by atoms with van der Waals surface area (Å²) in [4.78, 5) is 16.3. The Kier molecular flexibility index (Phi) is 3.40. The van der Waals surface area contributed by atoms with Crippen molar-refractivity contribution in [1.29, 1.82) is 0 Å². The van der Waals surface area contributed by atoms with E-state index in [1.165, 1.54) is 24.7 Å². The number of hydrogen-bond acceptors (Lipinski definition) is 4. The molecule has 1 amide bonds. The van der Waals surface area contributed by atoms with Gasteiger partial charge in [0.25, 0.3) is 5.69 Å². The Morgan fingerprint density at radius 1 is 1.26 bits per heavy atom. The quantitative estimate of drug-likeness (QED) is 0.674. The number of anilines is 1. The van der Waals surface area contributed by atoms with Crippen molar-refractivity contribution in [2.24, 2.45) is 0 Å². The van der Waals surface area contributed by atoms with Crippen molar-refractivity contribution in [3.63, 3.8) is 0 Å². The van der Waals surface area contributed by atoms with Crippen LogP contribution in [0, 0.1) is 5.21 Å². The lowest BCUT2D eigenvalue weighted by atomic mass is 10.2. The molecule has 2 aromatic heterocycles. The van der Waals surface area contributed by atoms with E-state index in [9.17, 15) is 10.0 Å². The van der Waals surface area contributed by atoms with Gasteiger partial charge in [-0.1, -0.05) is 0 Å². The molecule has 23 heavy (non-hydrogen) atoms. The second-order valence-corrected chi connectivity index (χ2v) is 6.15. The van der Waals surface area contributed by atoms with Gasteiger partial charge < -0.3 is 15.0 Å². The number of rotatable bonds is 3. The lowest BCUT2D eigenvalue weighted by molar-refractivity contribution is -0.608. The maximum Gasteiger partial charge on any atom is 0.320 e. The summed E-state index contributed by atoms with van der Waals surface area (Å²) in [5.41, 5.74) is 1.40. The highest BCUT2D eigenvalue weighted by atomic mass is 16.5. The normalized spacial score (nSPS) is 18.3. The first kappa shape index (κ1) is 14.0. The third kappa shape index (κ3) is 2.74. The van der Waals surface area contributed by atoms with Crippen LogP contribution in [0.5, 0.6) is 0 Å². The van der Waals surface area contributed by atoms with Gasteiger partial charge in [0.05, 0.1) is 0 Å². The summed E-state index contributed by atoms with van der Waals surface area (Å²) in [6.07, 6.45) is 3.85. The Morgan fingerprint density at radius 2 is 2.04 bits per heavy atom. The molecule has 7 nitrogen and oxygen atoms in total. The van der Waals surface area contributed by atoms with E-state index in [4.69, 9.17) is 0 Å². The molecule has 1 N–H and O–H groups in total. The number of carbonyl (C=O) groups excluding carboxylic acids is 1. The van der Waals surface area contributed by atoms with Gasteiger partial charge in [-0.25, -0.2) is 0 Å². The monoisotopic (exact) mass is 313 g/mol. The van der Waals surface area contributed by atoms with Crippen molar-refractivity contribution in [2.45, 2.75) is 18.8 Å². The molecule has 7 heteroatoms. The van der Waals surface area contributed by atoms with Crippen LogP contribution >= 0.6 is 0 Å². The molecule has 0 unspecified atom stereocenters. The minimum absolute atomic E-state index is 0.178. The Hall–Kier alpha value is -2.57. The van der Waals surface area contributed by atoms with E-state index in [1.807, 2.05) is 0 Å². The molecule has 2 aliphatic rings. The molecule has 2 aromatic rings. The van der Waals surface area contributed by atoms with Gasteiger partial charge in [-0.05, 0) is 18.9 Å². The Morgan fingerprint density at radius 3 is 2.74 bits per heavy atom. The molecule has 0 aromatic carbocycles. The summed E-state index contributed by atoms with van der Waals surface area (Å²) in [5.74, 6) is 1.41. The first-order valence-electron chi connectivity index (χ1n) is 8.00. The summed E-state index contributed by atoms with van der Waals surface area (Å²) in [6.45, 7) is 2.65. The number of piperazine rings is 1. The van der Waals surface area contributed by atoms with Crippen LogP contribution in [0.4, 0.5) is 5.82 Å². The van der Waals surface area contributed by atoms with Gasteiger partial charge in [0.15, 0.2) is 12.0 Å². The summed E-state index contributed by atoms with van der Waals surface area (Å²) >= 11 is 0. The molecule has 4 rings (SSSR count). The van der Waals surface area contributed by atoms with Gasteiger partial charge in [-0.15, -0.1) is 0 Å². The molecule has 0 radical (unpaired) electrons. The number of H-pyrrole nitrogens is 1. The number of hydrogen-bond donors (Lipinski definition) is 1. The SMILES string of the molecule is O=C(c1cccc[n+]1[O-])N1CCN(c2cc(C3CC3)[nH]n2)CC1. The first-order valence-corrected chi connectivity index (χ1v) is 8.00. The summed E-state index contributed by atoms with van der Waals surface area (Å²) in [7, 11) is 0. The third-order valence-electron chi connectivity index (χ3n) is 4.54. The zero-order chi connectivity index (χ0) is 15.8. The number of amides is 1. The second-order valence-electron chi connectivity index (χ2n) is 6.15. The molecular weight excluding hydrogens is 294 g/mol. The molecule has 1 aliphatic heterocycles. The van der Waals surface area contributed by atoms with Crippen molar-refractivity contribution in [3.05, 3.63) is 47.1 Å². The summed E-state index contributed by atoms with van der Waals surface area (Å²) in [5, 5.41) is 19.2. The molecule has 1 saturated carbocycles. The average Bonchev–Trinajstić information content (AvgIpc) is 3.32. The van der Waals surface area contributed by atoms with Gasteiger partial charge in [0.1, 0.15) is 0 Å². The number of aromatic nitrogens is 3. The highest BCUT2D eigenvalue weighted by molar-refractivity contribution is 5.91. The molecule has 2 fully saturated rings. The Bertz CT molecular complexity index is 717. The third-order valence-corrected chi connectivity index (χ3v) is 4.54. The molecule has 0 bridgehead atoms. The Labute approximate surface area is 134 Å². The zero-order valence-corrected chi connectivity index (χ0v) is 12.8. The molecule has 1 aliphatic carbocycles. The molecular formula is C16H19N5O2. The van der Waals surface area contributed by atoms with E-state index in [0.29, 0.717) is 23.7 Å². The van der Waals surface area contributed by atoms with Crippen LogP contribution in [-0.4, -0.2) is 47.2 Å². The predicted molar refractivity (Wildman–Crippen MR) is 84.1 cm³/mol. The van der Waals surface area contributed by atoms with Gasteiger partial charge in [-0.3, -0.25) is 9.89 Å². The second kappa shape index (κ2) is 5.57. The summed E-state index contributed by atoms with van der Waals surface area (Å²) < 4.78 is 0.629. The first-order chi connectivity index (χ1) is 11.2.